The van der Waals surface area contributed by atoms with Gasteiger partial charge in [-0.3, -0.25) is 4.79 Å². The van der Waals surface area contributed by atoms with E-state index < -0.39 is 17.3 Å². The van der Waals surface area contributed by atoms with Crippen LogP contribution in [0.1, 0.15) is 11.5 Å². The van der Waals surface area contributed by atoms with Crippen molar-refractivity contribution < 1.29 is 22.5 Å². The van der Waals surface area contributed by atoms with Crippen molar-refractivity contribution in [2.75, 3.05) is 0 Å². The van der Waals surface area contributed by atoms with E-state index in [1.165, 1.54) is 12.1 Å². The Morgan fingerprint density at radius 1 is 1.26 bits per heavy atom. The molecule has 0 atom stereocenters. The zero-order chi connectivity index (χ0) is 14.0. The van der Waals surface area contributed by atoms with Crippen LogP contribution in [0.25, 0.3) is 11.4 Å². The molecule has 0 fully saturated rings. The third kappa shape index (κ3) is 3.31. The maximum atomic E-state index is 12.3. The van der Waals surface area contributed by atoms with E-state index in [1.54, 1.807) is 12.1 Å². The Hall–Kier alpha value is -1.89. The molecular formula is C11H6ClF3N2O2. The van der Waals surface area contributed by atoms with E-state index in [0.717, 1.165) is 0 Å². The maximum Gasteiger partial charge on any atom is 0.471 e. The first-order valence-electron chi connectivity index (χ1n) is 5.05. The van der Waals surface area contributed by atoms with E-state index in [2.05, 4.69) is 14.7 Å². The molecule has 0 aliphatic carbocycles. The van der Waals surface area contributed by atoms with Crippen LogP contribution in [-0.4, -0.2) is 15.4 Å². The van der Waals surface area contributed by atoms with Gasteiger partial charge in [0.15, 0.2) is 0 Å². The van der Waals surface area contributed by atoms with Gasteiger partial charge in [-0.05, 0) is 17.2 Å². The first-order valence-corrected chi connectivity index (χ1v) is 5.42. The minimum atomic E-state index is -4.67. The van der Waals surface area contributed by atoms with Gasteiger partial charge < -0.3 is 4.52 Å². The second kappa shape index (κ2) is 5.00. The van der Waals surface area contributed by atoms with Gasteiger partial charge in [0.25, 0.3) is 0 Å². The Morgan fingerprint density at radius 2 is 1.89 bits per heavy atom. The first-order chi connectivity index (χ1) is 8.86. The first kappa shape index (κ1) is 13.5. The van der Waals surface area contributed by atoms with Crippen molar-refractivity contribution in [1.82, 2.24) is 10.1 Å². The molecule has 0 bridgehead atoms. The normalized spacial score (nSPS) is 11.6. The van der Waals surface area contributed by atoms with Crippen LogP contribution < -0.4 is 0 Å². The lowest BCUT2D eigenvalue weighted by molar-refractivity contribution is -0.159. The molecule has 0 amide bonds. The minimum absolute atomic E-state index is 0.0435. The summed E-state index contributed by atoms with van der Waals surface area (Å²) in [5.74, 6) is -1.57. The molecule has 1 aromatic carbocycles. The van der Waals surface area contributed by atoms with E-state index >= 15 is 0 Å². The summed E-state index contributed by atoms with van der Waals surface area (Å²) in [5, 5.41) is 2.72. The number of hydrogen-bond acceptors (Lipinski definition) is 4. The predicted molar refractivity (Wildman–Crippen MR) is 59.3 cm³/mol. The molecule has 0 saturated heterocycles. The summed E-state index contributed by atoms with van der Waals surface area (Å²) < 4.78 is 40.9. The number of nitrogens with zero attached hydrogens (tertiary/aromatic N) is 2. The van der Waals surface area contributed by atoms with Crippen molar-refractivity contribution in [3.8, 4) is 11.4 Å². The number of benzene rings is 1. The van der Waals surface area contributed by atoms with Gasteiger partial charge in [-0.2, -0.15) is 18.2 Å². The van der Waals surface area contributed by atoms with Crippen LogP contribution in [0, 0.1) is 0 Å². The van der Waals surface area contributed by atoms with E-state index in [4.69, 9.17) is 11.6 Å². The van der Waals surface area contributed by atoms with Gasteiger partial charge in [0.05, 0.1) is 0 Å². The highest BCUT2D eigenvalue weighted by atomic mass is 35.5. The fraction of sp³-hybridized carbons (Fsp3) is 0.182. The van der Waals surface area contributed by atoms with Crippen molar-refractivity contribution in [3.63, 3.8) is 0 Å². The Bertz CT molecular complexity index is 593. The quantitative estimate of drug-likeness (QED) is 0.815. The van der Waals surface area contributed by atoms with Crippen molar-refractivity contribution >= 4 is 16.8 Å². The molecule has 0 spiro atoms. The maximum absolute atomic E-state index is 12.3. The Balaban J connectivity index is 2.23. The third-order valence-corrected chi connectivity index (χ3v) is 2.36. The van der Waals surface area contributed by atoms with Crippen molar-refractivity contribution in [1.29, 1.82) is 0 Å². The topological polar surface area (TPSA) is 56.0 Å². The van der Waals surface area contributed by atoms with Crippen molar-refractivity contribution in [3.05, 3.63) is 35.7 Å². The second-order valence-corrected chi connectivity index (χ2v) is 4.07. The summed E-state index contributed by atoms with van der Waals surface area (Å²) >= 11 is 5.22. The predicted octanol–water partition coefficient (Wildman–Crippen LogP) is 3.06. The third-order valence-electron chi connectivity index (χ3n) is 2.22. The minimum Gasteiger partial charge on any atom is -0.329 e. The van der Waals surface area contributed by atoms with Gasteiger partial charge in [-0.25, -0.2) is 0 Å². The Morgan fingerprint density at radius 3 is 2.37 bits per heavy atom. The summed E-state index contributed by atoms with van der Waals surface area (Å²) in [5.41, 5.74) is 0.994. The summed E-state index contributed by atoms with van der Waals surface area (Å²) in [7, 11) is 0. The van der Waals surface area contributed by atoms with Gasteiger partial charge in [0.2, 0.25) is 11.1 Å². The van der Waals surface area contributed by atoms with Gasteiger partial charge in [0.1, 0.15) is 0 Å². The summed E-state index contributed by atoms with van der Waals surface area (Å²) in [6, 6.07) is 6.08. The highest BCUT2D eigenvalue weighted by molar-refractivity contribution is 6.63. The highest BCUT2D eigenvalue weighted by Crippen LogP contribution is 2.29. The summed E-state index contributed by atoms with van der Waals surface area (Å²) in [6.45, 7) is 0. The number of hydrogen-bond donors (Lipinski definition) is 0. The number of halogens is 4. The number of alkyl halides is 3. The molecule has 1 heterocycles. The van der Waals surface area contributed by atoms with Crippen LogP contribution in [0.5, 0.6) is 0 Å². The van der Waals surface area contributed by atoms with Crippen LogP contribution >= 0.6 is 11.6 Å². The lowest BCUT2D eigenvalue weighted by atomic mass is 10.1. The lowest BCUT2D eigenvalue weighted by Crippen LogP contribution is -2.04. The molecule has 8 heteroatoms. The van der Waals surface area contributed by atoms with Gasteiger partial charge in [-0.15, -0.1) is 0 Å². The van der Waals surface area contributed by atoms with E-state index in [9.17, 15) is 18.0 Å². The number of aromatic nitrogens is 2. The van der Waals surface area contributed by atoms with Crippen LogP contribution in [0.3, 0.4) is 0 Å². The molecule has 2 aromatic rings. The molecular weight excluding hydrogens is 285 g/mol. The highest BCUT2D eigenvalue weighted by Gasteiger charge is 2.38. The molecule has 4 nitrogen and oxygen atoms in total. The Kier molecular flexibility index (Phi) is 3.57. The largest absolute Gasteiger partial charge is 0.471 e. The zero-order valence-corrected chi connectivity index (χ0v) is 10.00. The molecule has 0 unspecified atom stereocenters. The van der Waals surface area contributed by atoms with Crippen LogP contribution in [0.2, 0.25) is 0 Å². The smallest absolute Gasteiger partial charge is 0.329 e. The number of rotatable bonds is 3. The lowest BCUT2D eigenvalue weighted by Gasteiger charge is -1.98. The van der Waals surface area contributed by atoms with Gasteiger partial charge in [-0.1, -0.05) is 29.4 Å². The van der Waals surface area contributed by atoms with E-state index in [-0.39, 0.29) is 12.2 Å². The zero-order valence-electron chi connectivity index (χ0n) is 9.24. The molecule has 1 aromatic heterocycles. The van der Waals surface area contributed by atoms with Crippen molar-refractivity contribution in [2.24, 2.45) is 0 Å². The molecule has 0 N–H and O–H groups in total. The molecule has 0 aliphatic heterocycles. The average Bonchev–Trinajstić information content (AvgIpc) is 2.78. The number of carbonyl (C=O) groups is 1. The fourth-order valence-corrected chi connectivity index (χ4v) is 1.54. The SMILES string of the molecule is O=C(Cl)Cc1ccc(-c2noc(C(F)(F)F)n2)cc1. The monoisotopic (exact) mass is 290 g/mol. The van der Waals surface area contributed by atoms with Crippen LogP contribution in [0.4, 0.5) is 13.2 Å². The molecule has 100 valence electrons. The van der Waals surface area contributed by atoms with Crippen LogP contribution in [0.15, 0.2) is 28.8 Å². The van der Waals surface area contributed by atoms with Gasteiger partial charge in [0, 0.05) is 12.0 Å². The second-order valence-electron chi connectivity index (χ2n) is 3.65. The molecule has 0 radical (unpaired) electrons. The number of carbonyl (C=O) groups excluding carboxylic acids is 1. The summed E-state index contributed by atoms with van der Waals surface area (Å²) in [4.78, 5) is 13.9. The Labute approximate surface area is 110 Å². The van der Waals surface area contributed by atoms with E-state index in [1.807, 2.05) is 0 Å². The van der Waals surface area contributed by atoms with Crippen molar-refractivity contribution in [2.45, 2.75) is 12.6 Å². The van der Waals surface area contributed by atoms with E-state index in [0.29, 0.717) is 11.1 Å². The van der Waals surface area contributed by atoms with Crippen LogP contribution in [-0.2, 0) is 17.4 Å². The molecule has 2 rings (SSSR count). The fourth-order valence-electron chi connectivity index (χ4n) is 1.39. The van der Waals surface area contributed by atoms with Gasteiger partial charge >= 0.3 is 12.1 Å². The standard InChI is InChI=1S/C11H6ClF3N2O2/c12-8(18)5-6-1-3-7(4-2-6)9-16-10(19-17-9)11(13,14)15/h1-4H,5H2. The molecule has 0 saturated carbocycles. The average molecular weight is 291 g/mol. The molecule has 0 aliphatic rings. The molecule has 19 heavy (non-hydrogen) atoms. The summed E-state index contributed by atoms with van der Waals surface area (Å²) in [6.07, 6.45) is -4.63.